The van der Waals surface area contributed by atoms with E-state index < -0.39 is 0 Å². The maximum absolute atomic E-state index is 5.22. The summed E-state index contributed by atoms with van der Waals surface area (Å²) in [4.78, 5) is 5.22. The van der Waals surface area contributed by atoms with E-state index in [9.17, 15) is 0 Å². The van der Waals surface area contributed by atoms with E-state index in [-0.39, 0.29) is 5.54 Å². The molecule has 0 aliphatic rings. The fraction of sp³-hybridized carbons (Fsp3) is 0.0930. The molecule has 0 fully saturated rings. The van der Waals surface area contributed by atoms with Crippen LogP contribution in [0, 0.1) is 0 Å². The average molecular weight is 579 g/mol. The van der Waals surface area contributed by atoms with Crippen molar-refractivity contribution in [2.24, 2.45) is 0 Å². The van der Waals surface area contributed by atoms with E-state index in [1.165, 1.54) is 49.4 Å². The Kier molecular flexibility index (Phi) is 6.39. The molecular formula is C43H34N2. The Morgan fingerprint density at radius 3 is 1.47 bits per heavy atom. The van der Waals surface area contributed by atoms with Crippen LogP contribution in [0.25, 0.3) is 77.3 Å². The van der Waals surface area contributed by atoms with Crippen LogP contribution in [0.4, 0.5) is 0 Å². The van der Waals surface area contributed by atoms with Crippen molar-refractivity contribution in [1.82, 2.24) is 9.55 Å². The van der Waals surface area contributed by atoms with Gasteiger partial charge in [-0.3, -0.25) is 0 Å². The first kappa shape index (κ1) is 27.1. The number of aromatic nitrogens is 2. The van der Waals surface area contributed by atoms with E-state index in [0.29, 0.717) is 0 Å². The van der Waals surface area contributed by atoms with Gasteiger partial charge in [-0.25, -0.2) is 4.98 Å². The SMILES string of the molecule is CC(C)(C)n1c(-c2ccccc2)nc2cc(-c3ccc4c(-c5ccccc5)c5ccccc5c(-c5ccccc5)c4c3)ccc21. The summed E-state index contributed by atoms with van der Waals surface area (Å²) in [5, 5.41) is 5.04. The van der Waals surface area contributed by atoms with Crippen LogP contribution in [-0.2, 0) is 5.54 Å². The zero-order valence-electron chi connectivity index (χ0n) is 25.8. The molecule has 0 saturated heterocycles. The third-order valence-corrected chi connectivity index (χ3v) is 8.84. The minimum absolute atomic E-state index is 0.121. The van der Waals surface area contributed by atoms with Crippen LogP contribution < -0.4 is 0 Å². The monoisotopic (exact) mass is 578 g/mol. The molecule has 216 valence electrons. The maximum atomic E-state index is 5.22. The standard InChI is InChI=1S/C43H34N2/c1-43(2,3)45-39-26-24-33(28-38(39)44-42(45)31-19-11-6-12-20-31)32-23-25-36-37(27-32)41(30-17-9-5-10-18-30)35-22-14-13-21-34(35)40(36)29-15-7-4-8-16-29/h4-28H,1-3H3. The smallest absolute Gasteiger partial charge is 0.141 e. The third-order valence-electron chi connectivity index (χ3n) is 8.84. The van der Waals surface area contributed by atoms with E-state index in [4.69, 9.17) is 4.98 Å². The van der Waals surface area contributed by atoms with Gasteiger partial charge in [-0.05, 0) is 93.9 Å². The Hall–Kier alpha value is -5.47. The Morgan fingerprint density at radius 1 is 0.422 bits per heavy atom. The Bertz CT molecular complexity index is 2320. The number of hydrogen-bond acceptors (Lipinski definition) is 1. The van der Waals surface area contributed by atoms with Crippen molar-refractivity contribution in [2.75, 3.05) is 0 Å². The number of imidazole rings is 1. The summed E-state index contributed by atoms with van der Waals surface area (Å²) in [5.74, 6) is 0.999. The van der Waals surface area contributed by atoms with Gasteiger partial charge in [-0.15, -0.1) is 0 Å². The van der Waals surface area contributed by atoms with Gasteiger partial charge in [-0.1, -0.05) is 133 Å². The summed E-state index contributed by atoms with van der Waals surface area (Å²) in [7, 11) is 0. The number of benzene rings is 7. The van der Waals surface area contributed by atoms with Crippen molar-refractivity contribution in [3.05, 3.63) is 152 Å². The van der Waals surface area contributed by atoms with E-state index in [1.54, 1.807) is 0 Å². The fourth-order valence-corrected chi connectivity index (χ4v) is 6.91. The second kappa shape index (κ2) is 10.6. The topological polar surface area (TPSA) is 17.8 Å². The maximum Gasteiger partial charge on any atom is 0.141 e. The minimum Gasteiger partial charge on any atom is -0.319 e. The predicted molar refractivity (Wildman–Crippen MR) is 191 cm³/mol. The zero-order chi connectivity index (χ0) is 30.5. The molecule has 2 nitrogen and oxygen atoms in total. The average Bonchev–Trinajstić information content (AvgIpc) is 3.48. The second-order valence-corrected chi connectivity index (χ2v) is 12.8. The Balaban J connectivity index is 1.40. The summed E-state index contributed by atoms with van der Waals surface area (Å²) in [6.45, 7) is 6.74. The lowest BCUT2D eigenvalue weighted by Crippen LogP contribution is -2.22. The molecule has 0 atom stereocenters. The van der Waals surface area contributed by atoms with Crippen LogP contribution in [0.5, 0.6) is 0 Å². The van der Waals surface area contributed by atoms with Crippen molar-refractivity contribution < 1.29 is 0 Å². The zero-order valence-corrected chi connectivity index (χ0v) is 25.8. The van der Waals surface area contributed by atoms with Crippen molar-refractivity contribution >= 4 is 32.6 Å². The number of hydrogen-bond donors (Lipinski definition) is 0. The predicted octanol–water partition coefficient (Wildman–Crippen LogP) is 11.8. The van der Waals surface area contributed by atoms with E-state index in [0.717, 1.165) is 28.0 Å². The molecule has 0 amide bonds. The molecule has 0 unspecified atom stereocenters. The largest absolute Gasteiger partial charge is 0.319 e. The summed E-state index contributed by atoms with van der Waals surface area (Å²) in [6.07, 6.45) is 0. The van der Waals surface area contributed by atoms with E-state index in [1.807, 2.05) is 0 Å². The van der Waals surface area contributed by atoms with Gasteiger partial charge in [-0.2, -0.15) is 0 Å². The highest BCUT2D eigenvalue weighted by Crippen LogP contribution is 2.45. The second-order valence-electron chi connectivity index (χ2n) is 12.8. The van der Waals surface area contributed by atoms with Gasteiger partial charge in [0.2, 0.25) is 0 Å². The molecule has 0 saturated carbocycles. The van der Waals surface area contributed by atoms with Crippen molar-refractivity contribution in [1.29, 1.82) is 0 Å². The molecule has 8 aromatic rings. The normalized spacial score (nSPS) is 11.9. The lowest BCUT2D eigenvalue weighted by molar-refractivity contribution is 0.413. The van der Waals surface area contributed by atoms with Gasteiger partial charge >= 0.3 is 0 Å². The molecule has 1 aromatic heterocycles. The highest BCUT2D eigenvalue weighted by molar-refractivity contribution is 6.22. The summed E-state index contributed by atoms with van der Waals surface area (Å²) >= 11 is 0. The quantitative estimate of drug-likeness (QED) is 0.190. The van der Waals surface area contributed by atoms with E-state index >= 15 is 0 Å². The van der Waals surface area contributed by atoms with Crippen LogP contribution >= 0.6 is 0 Å². The van der Waals surface area contributed by atoms with Gasteiger partial charge in [0, 0.05) is 11.1 Å². The third kappa shape index (κ3) is 4.62. The summed E-state index contributed by atoms with van der Waals surface area (Å²) in [5.41, 5.74) is 10.5. The lowest BCUT2D eigenvalue weighted by Gasteiger charge is -2.25. The van der Waals surface area contributed by atoms with Gasteiger partial charge in [0.05, 0.1) is 11.0 Å². The first-order valence-electron chi connectivity index (χ1n) is 15.7. The molecule has 45 heavy (non-hydrogen) atoms. The van der Waals surface area contributed by atoms with Crippen molar-refractivity contribution in [3.8, 4) is 44.8 Å². The molecule has 0 radical (unpaired) electrons. The van der Waals surface area contributed by atoms with Crippen molar-refractivity contribution in [2.45, 2.75) is 26.3 Å². The number of nitrogens with zero attached hydrogens (tertiary/aromatic N) is 2. The molecule has 1 heterocycles. The molecular weight excluding hydrogens is 544 g/mol. The Morgan fingerprint density at radius 2 is 0.889 bits per heavy atom. The van der Waals surface area contributed by atoms with Crippen LogP contribution in [0.15, 0.2) is 152 Å². The first-order chi connectivity index (χ1) is 22.0. The van der Waals surface area contributed by atoms with Crippen LogP contribution in [0.2, 0.25) is 0 Å². The molecule has 0 N–H and O–H groups in total. The summed E-state index contributed by atoms with van der Waals surface area (Å²) in [6, 6.07) is 54.7. The van der Waals surface area contributed by atoms with E-state index in [2.05, 4.69) is 177 Å². The van der Waals surface area contributed by atoms with Gasteiger partial charge in [0.1, 0.15) is 5.82 Å². The van der Waals surface area contributed by atoms with Gasteiger partial charge in [0.25, 0.3) is 0 Å². The fourth-order valence-electron chi connectivity index (χ4n) is 6.91. The first-order valence-corrected chi connectivity index (χ1v) is 15.7. The molecule has 7 aromatic carbocycles. The number of rotatable bonds is 4. The van der Waals surface area contributed by atoms with Crippen LogP contribution in [-0.4, -0.2) is 9.55 Å². The van der Waals surface area contributed by atoms with Crippen molar-refractivity contribution in [3.63, 3.8) is 0 Å². The molecule has 0 aliphatic heterocycles. The molecule has 2 heteroatoms. The highest BCUT2D eigenvalue weighted by Gasteiger charge is 2.23. The molecule has 0 bridgehead atoms. The van der Waals surface area contributed by atoms with Crippen LogP contribution in [0.3, 0.4) is 0 Å². The Labute approximate surface area is 264 Å². The van der Waals surface area contributed by atoms with Gasteiger partial charge < -0.3 is 4.57 Å². The molecule has 0 spiro atoms. The molecule has 0 aliphatic carbocycles. The van der Waals surface area contributed by atoms with Crippen LogP contribution in [0.1, 0.15) is 20.8 Å². The molecule has 8 rings (SSSR count). The number of fused-ring (bicyclic) bond motifs is 3. The minimum atomic E-state index is -0.121. The van der Waals surface area contributed by atoms with Gasteiger partial charge in [0.15, 0.2) is 0 Å². The summed E-state index contributed by atoms with van der Waals surface area (Å²) < 4.78 is 2.37. The lowest BCUT2D eigenvalue weighted by atomic mass is 9.85. The highest BCUT2D eigenvalue weighted by atomic mass is 15.1.